The molecule has 0 saturated carbocycles. The molecule has 0 fully saturated rings. The van der Waals surface area contributed by atoms with Crippen molar-refractivity contribution in [1.82, 2.24) is 4.90 Å². The SMILES string of the molecule is CCCCOCCCN1C(=O)C(Nc2cccc(OCC)c2)=C(c2ccc(OC)cc2)C1=O. The highest BCUT2D eigenvalue weighted by Gasteiger charge is 2.38. The van der Waals surface area contributed by atoms with Gasteiger partial charge in [-0.25, -0.2) is 0 Å². The summed E-state index contributed by atoms with van der Waals surface area (Å²) < 4.78 is 16.4. The van der Waals surface area contributed by atoms with Gasteiger partial charge in [-0.15, -0.1) is 0 Å². The highest BCUT2D eigenvalue weighted by molar-refractivity contribution is 6.36. The fourth-order valence-corrected chi connectivity index (χ4v) is 3.57. The van der Waals surface area contributed by atoms with E-state index in [1.807, 2.05) is 31.2 Å². The van der Waals surface area contributed by atoms with E-state index in [-0.39, 0.29) is 17.5 Å². The van der Waals surface area contributed by atoms with E-state index in [2.05, 4.69) is 12.2 Å². The van der Waals surface area contributed by atoms with E-state index in [0.717, 1.165) is 12.8 Å². The van der Waals surface area contributed by atoms with Gasteiger partial charge in [0, 0.05) is 31.5 Å². The molecule has 7 nitrogen and oxygen atoms in total. The van der Waals surface area contributed by atoms with Crippen molar-refractivity contribution in [3.8, 4) is 11.5 Å². The van der Waals surface area contributed by atoms with Crippen molar-refractivity contribution in [2.45, 2.75) is 33.1 Å². The van der Waals surface area contributed by atoms with Gasteiger partial charge in [0.15, 0.2) is 0 Å². The lowest BCUT2D eigenvalue weighted by molar-refractivity contribution is -0.137. The number of rotatable bonds is 13. The number of hydrogen-bond donors (Lipinski definition) is 1. The largest absolute Gasteiger partial charge is 0.497 e. The van der Waals surface area contributed by atoms with Crippen molar-refractivity contribution < 1.29 is 23.8 Å². The molecular formula is C26H32N2O5. The fraction of sp³-hybridized carbons (Fsp3) is 0.385. The highest BCUT2D eigenvalue weighted by atomic mass is 16.5. The maximum Gasteiger partial charge on any atom is 0.278 e. The summed E-state index contributed by atoms with van der Waals surface area (Å²) in [4.78, 5) is 27.9. The molecule has 3 rings (SSSR count). The number of carbonyl (C=O) groups is 2. The molecule has 0 spiro atoms. The average Bonchev–Trinajstić information content (AvgIpc) is 3.06. The van der Waals surface area contributed by atoms with Crippen LogP contribution >= 0.6 is 0 Å². The monoisotopic (exact) mass is 452 g/mol. The van der Waals surface area contributed by atoms with Crippen molar-refractivity contribution in [1.29, 1.82) is 0 Å². The molecule has 1 aliphatic rings. The Labute approximate surface area is 195 Å². The summed E-state index contributed by atoms with van der Waals surface area (Å²) in [5.74, 6) is 0.700. The van der Waals surface area contributed by atoms with Crippen molar-refractivity contribution in [3.05, 3.63) is 59.8 Å². The molecule has 0 radical (unpaired) electrons. The van der Waals surface area contributed by atoms with Crippen LogP contribution < -0.4 is 14.8 Å². The van der Waals surface area contributed by atoms with E-state index in [1.165, 1.54) is 4.90 Å². The van der Waals surface area contributed by atoms with Gasteiger partial charge in [-0.1, -0.05) is 31.5 Å². The zero-order valence-corrected chi connectivity index (χ0v) is 19.6. The standard InChI is InChI=1S/C26H32N2O5/c1-4-6-16-32-17-8-15-28-25(29)23(19-11-13-21(31-3)14-12-19)24(26(28)30)27-20-9-7-10-22(18-20)33-5-2/h7,9-14,18,27H,4-6,8,15-17H2,1-3H3. The molecule has 33 heavy (non-hydrogen) atoms. The van der Waals surface area contributed by atoms with Crippen LogP contribution in [-0.4, -0.2) is 50.2 Å². The van der Waals surface area contributed by atoms with Crippen LogP contribution in [0.15, 0.2) is 54.2 Å². The predicted molar refractivity (Wildman–Crippen MR) is 128 cm³/mol. The number of unbranched alkanes of at least 4 members (excludes halogenated alkanes) is 1. The van der Waals surface area contributed by atoms with Crippen LogP contribution in [0, 0.1) is 0 Å². The molecule has 1 heterocycles. The molecule has 0 aromatic heterocycles. The van der Waals surface area contributed by atoms with E-state index >= 15 is 0 Å². The molecule has 1 aliphatic heterocycles. The summed E-state index contributed by atoms with van der Waals surface area (Å²) in [7, 11) is 1.58. The minimum Gasteiger partial charge on any atom is -0.497 e. The third-order valence-corrected chi connectivity index (χ3v) is 5.27. The minimum absolute atomic E-state index is 0.255. The van der Waals surface area contributed by atoms with Gasteiger partial charge in [-0.3, -0.25) is 14.5 Å². The molecule has 0 atom stereocenters. The number of benzene rings is 2. The number of imide groups is 1. The van der Waals surface area contributed by atoms with Crippen molar-refractivity contribution in [2.24, 2.45) is 0 Å². The van der Waals surface area contributed by atoms with Crippen molar-refractivity contribution in [2.75, 3.05) is 38.8 Å². The molecule has 2 aromatic carbocycles. The lowest BCUT2D eigenvalue weighted by atomic mass is 10.0. The lowest BCUT2D eigenvalue weighted by Gasteiger charge is -2.15. The van der Waals surface area contributed by atoms with Crippen LogP contribution in [0.5, 0.6) is 11.5 Å². The third kappa shape index (κ3) is 6.14. The molecule has 2 aromatic rings. The number of carbonyl (C=O) groups excluding carboxylic acids is 2. The molecule has 0 aliphatic carbocycles. The Bertz CT molecular complexity index is 984. The smallest absolute Gasteiger partial charge is 0.278 e. The first-order valence-electron chi connectivity index (χ1n) is 11.4. The Morgan fingerprint density at radius 2 is 1.67 bits per heavy atom. The second kappa shape index (κ2) is 12.1. The zero-order chi connectivity index (χ0) is 23.6. The summed E-state index contributed by atoms with van der Waals surface area (Å²) in [5.41, 5.74) is 1.93. The Kier molecular flexibility index (Phi) is 8.89. The number of ether oxygens (including phenoxy) is 3. The van der Waals surface area contributed by atoms with E-state index in [4.69, 9.17) is 14.2 Å². The summed E-state index contributed by atoms with van der Waals surface area (Å²) in [5, 5.41) is 3.17. The maximum atomic E-state index is 13.3. The molecule has 0 bridgehead atoms. The van der Waals surface area contributed by atoms with Gasteiger partial charge < -0.3 is 19.5 Å². The summed E-state index contributed by atoms with van der Waals surface area (Å²) >= 11 is 0. The van der Waals surface area contributed by atoms with Gasteiger partial charge in [-0.2, -0.15) is 0 Å². The Hall–Kier alpha value is -3.32. The quantitative estimate of drug-likeness (QED) is 0.356. The Morgan fingerprint density at radius 1 is 0.909 bits per heavy atom. The van der Waals surface area contributed by atoms with Crippen LogP contribution in [0.4, 0.5) is 5.69 Å². The van der Waals surface area contributed by atoms with Crippen molar-refractivity contribution >= 4 is 23.1 Å². The molecule has 0 unspecified atom stereocenters. The van der Waals surface area contributed by atoms with Crippen LogP contribution in [0.3, 0.4) is 0 Å². The number of amides is 2. The van der Waals surface area contributed by atoms with E-state index < -0.39 is 0 Å². The molecule has 176 valence electrons. The number of nitrogens with zero attached hydrogens (tertiary/aromatic N) is 1. The average molecular weight is 453 g/mol. The minimum atomic E-state index is -0.346. The maximum absolute atomic E-state index is 13.3. The number of hydrogen-bond acceptors (Lipinski definition) is 6. The van der Waals surface area contributed by atoms with E-state index in [9.17, 15) is 9.59 Å². The van der Waals surface area contributed by atoms with Crippen LogP contribution in [0.1, 0.15) is 38.7 Å². The first-order chi connectivity index (χ1) is 16.1. The fourth-order valence-electron chi connectivity index (χ4n) is 3.57. The predicted octanol–water partition coefficient (Wildman–Crippen LogP) is 4.49. The van der Waals surface area contributed by atoms with Gasteiger partial charge in [0.1, 0.15) is 17.2 Å². The van der Waals surface area contributed by atoms with Crippen LogP contribution in [-0.2, 0) is 14.3 Å². The zero-order valence-electron chi connectivity index (χ0n) is 19.6. The Balaban J connectivity index is 1.84. The number of methoxy groups -OCH3 is 1. The highest BCUT2D eigenvalue weighted by Crippen LogP contribution is 2.32. The van der Waals surface area contributed by atoms with Gasteiger partial charge in [0.2, 0.25) is 0 Å². The van der Waals surface area contributed by atoms with Crippen LogP contribution in [0.2, 0.25) is 0 Å². The normalized spacial score (nSPS) is 13.6. The first kappa shape index (κ1) is 24.3. The second-order valence-corrected chi connectivity index (χ2v) is 7.65. The third-order valence-electron chi connectivity index (χ3n) is 5.27. The van der Waals surface area contributed by atoms with E-state index in [1.54, 1.807) is 31.4 Å². The molecule has 1 N–H and O–H groups in total. The van der Waals surface area contributed by atoms with Crippen LogP contribution in [0.25, 0.3) is 5.57 Å². The first-order valence-corrected chi connectivity index (χ1v) is 11.4. The topological polar surface area (TPSA) is 77.1 Å². The molecular weight excluding hydrogens is 420 g/mol. The molecule has 0 saturated heterocycles. The summed E-state index contributed by atoms with van der Waals surface area (Å²) in [6.45, 7) is 6.05. The molecule has 2 amide bonds. The lowest BCUT2D eigenvalue weighted by Crippen LogP contribution is -2.34. The summed E-state index contributed by atoms with van der Waals surface area (Å²) in [6, 6.07) is 14.5. The van der Waals surface area contributed by atoms with Gasteiger partial charge in [0.25, 0.3) is 11.8 Å². The second-order valence-electron chi connectivity index (χ2n) is 7.65. The molecule has 7 heteroatoms. The summed E-state index contributed by atoms with van der Waals surface area (Å²) in [6.07, 6.45) is 2.65. The van der Waals surface area contributed by atoms with E-state index in [0.29, 0.717) is 61.1 Å². The Morgan fingerprint density at radius 3 is 2.36 bits per heavy atom. The van der Waals surface area contributed by atoms with Gasteiger partial charge >= 0.3 is 0 Å². The number of anilines is 1. The van der Waals surface area contributed by atoms with Gasteiger partial charge in [0.05, 0.1) is 19.3 Å². The van der Waals surface area contributed by atoms with Gasteiger partial charge in [-0.05, 0) is 49.6 Å². The van der Waals surface area contributed by atoms with Crippen molar-refractivity contribution in [3.63, 3.8) is 0 Å². The number of nitrogens with one attached hydrogen (secondary N) is 1.